The third kappa shape index (κ3) is 3.03. The monoisotopic (exact) mass is 275 g/mol. The minimum atomic E-state index is 0.0719. The normalized spacial score (nSPS) is 9.74. The van der Waals surface area contributed by atoms with E-state index in [1.807, 2.05) is 6.07 Å². The summed E-state index contributed by atoms with van der Waals surface area (Å²) in [4.78, 5) is 7.76. The molecule has 1 aromatic carbocycles. The van der Waals surface area contributed by atoms with E-state index in [1.54, 1.807) is 18.2 Å². The number of nitriles is 1. The van der Waals surface area contributed by atoms with Crippen LogP contribution in [-0.2, 0) is 0 Å². The van der Waals surface area contributed by atoms with Gasteiger partial charge in [0, 0.05) is 12.1 Å². The van der Waals surface area contributed by atoms with Gasteiger partial charge >= 0.3 is 0 Å². The van der Waals surface area contributed by atoms with Crippen molar-refractivity contribution in [1.82, 2.24) is 9.97 Å². The minimum Gasteiger partial charge on any atom is -0.495 e. The molecule has 0 aliphatic carbocycles. The molecule has 0 aliphatic rings. The van der Waals surface area contributed by atoms with E-state index in [2.05, 4.69) is 15.3 Å². The first kappa shape index (κ1) is 12.9. The number of rotatable bonds is 3. The number of aromatic nitrogens is 2. The van der Waals surface area contributed by atoms with Gasteiger partial charge in [-0.15, -0.1) is 0 Å². The second-order valence-corrected chi connectivity index (χ2v) is 3.97. The highest BCUT2D eigenvalue weighted by Gasteiger charge is 2.07. The lowest BCUT2D eigenvalue weighted by atomic mass is 10.2. The molecule has 0 saturated carbocycles. The molecule has 0 unspecified atom stereocenters. The summed E-state index contributed by atoms with van der Waals surface area (Å²) in [6.07, 6.45) is 0. The number of methoxy groups -OCH3 is 1. The highest BCUT2D eigenvalue weighted by molar-refractivity contribution is 6.29. The molecule has 96 valence electrons. The molecule has 0 spiro atoms. The van der Waals surface area contributed by atoms with Gasteiger partial charge in [-0.05, 0) is 12.1 Å². The maximum Gasteiger partial charge on any atom is 0.223 e. The van der Waals surface area contributed by atoms with Crippen molar-refractivity contribution >= 4 is 29.1 Å². The average molecular weight is 276 g/mol. The number of nitrogen functional groups attached to an aromatic ring is 1. The Morgan fingerprint density at radius 3 is 2.79 bits per heavy atom. The fourth-order valence-corrected chi connectivity index (χ4v) is 1.69. The summed E-state index contributed by atoms with van der Waals surface area (Å²) in [6.45, 7) is 0. The quantitative estimate of drug-likeness (QED) is 0.835. The Labute approximate surface area is 114 Å². The van der Waals surface area contributed by atoms with Gasteiger partial charge < -0.3 is 15.8 Å². The van der Waals surface area contributed by atoms with Crippen LogP contribution in [0.4, 0.5) is 17.5 Å². The second-order valence-electron chi connectivity index (χ2n) is 3.59. The Balaban J connectivity index is 2.35. The molecule has 3 N–H and O–H groups in total. The van der Waals surface area contributed by atoms with E-state index in [4.69, 9.17) is 27.3 Å². The maximum absolute atomic E-state index is 8.83. The van der Waals surface area contributed by atoms with Crippen molar-refractivity contribution in [3.8, 4) is 11.8 Å². The average Bonchev–Trinajstić information content (AvgIpc) is 2.38. The van der Waals surface area contributed by atoms with Crippen molar-refractivity contribution in [2.75, 3.05) is 18.2 Å². The van der Waals surface area contributed by atoms with E-state index >= 15 is 0 Å². The lowest BCUT2D eigenvalue weighted by Crippen LogP contribution is -2.01. The molecule has 0 radical (unpaired) electrons. The molecular formula is C12H10ClN5O. The van der Waals surface area contributed by atoms with E-state index in [1.165, 1.54) is 13.2 Å². The van der Waals surface area contributed by atoms with Crippen LogP contribution in [0.3, 0.4) is 0 Å². The molecule has 0 amide bonds. The van der Waals surface area contributed by atoms with Crippen molar-refractivity contribution in [2.45, 2.75) is 0 Å². The number of ether oxygens (including phenoxy) is 1. The topological polar surface area (TPSA) is 96.8 Å². The third-order valence-corrected chi connectivity index (χ3v) is 2.50. The van der Waals surface area contributed by atoms with Gasteiger partial charge in [0.25, 0.3) is 0 Å². The summed E-state index contributed by atoms with van der Waals surface area (Å²) in [5, 5.41) is 12.1. The smallest absolute Gasteiger partial charge is 0.223 e. The van der Waals surface area contributed by atoms with Crippen molar-refractivity contribution in [3.63, 3.8) is 0 Å². The number of anilines is 3. The van der Waals surface area contributed by atoms with Gasteiger partial charge in [0.05, 0.1) is 24.4 Å². The predicted molar refractivity (Wildman–Crippen MR) is 72.4 cm³/mol. The number of benzene rings is 1. The Kier molecular flexibility index (Phi) is 3.68. The van der Waals surface area contributed by atoms with Crippen molar-refractivity contribution in [1.29, 1.82) is 5.26 Å². The molecule has 2 rings (SSSR count). The van der Waals surface area contributed by atoms with E-state index < -0.39 is 0 Å². The number of nitrogens with two attached hydrogens (primary N) is 1. The van der Waals surface area contributed by atoms with Crippen LogP contribution in [0.1, 0.15) is 5.56 Å². The lowest BCUT2D eigenvalue weighted by molar-refractivity contribution is 0.416. The van der Waals surface area contributed by atoms with E-state index in [-0.39, 0.29) is 11.1 Å². The second kappa shape index (κ2) is 5.42. The van der Waals surface area contributed by atoms with Gasteiger partial charge in [-0.2, -0.15) is 10.2 Å². The Morgan fingerprint density at radius 2 is 2.16 bits per heavy atom. The first-order valence-corrected chi connectivity index (χ1v) is 5.65. The first-order valence-electron chi connectivity index (χ1n) is 5.27. The first-order chi connectivity index (χ1) is 9.12. The molecule has 0 aliphatic heterocycles. The zero-order valence-corrected chi connectivity index (χ0v) is 10.8. The van der Waals surface area contributed by atoms with Gasteiger partial charge in [0.15, 0.2) is 0 Å². The third-order valence-electron chi connectivity index (χ3n) is 2.31. The van der Waals surface area contributed by atoms with Crippen molar-refractivity contribution < 1.29 is 4.74 Å². The molecule has 7 heteroatoms. The number of nitrogens with zero attached hydrogens (tertiary/aromatic N) is 3. The van der Waals surface area contributed by atoms with Gasteiger partial charge in [-0.1, -0.05) is 11.6 Å². The fraction of sp³-hybridized carbons (Fsp3) is 0.0833. The highest BCUT2D eigenvalue weighted by Crippen LogP contribution is 2.28. The molecule has 0 fully saturated rings. The van der Waals surface area contributed by atoms with Crippen LogP contribution in [0, 0.1) is 11.3 Å². The molecular weight excluding hydrogens is 266 g/mol. The molecule has 19 heavy (non-hydrogen) atoms. The van der Waals surface area contributed by atoms with Crippen molar-refractivity contribution in [3.05, 3.63) is 35.0 Å². The molecule has 1 heterocycles. The molecule has 0 saturated heterocycles. The lowest BCUT2D eigenvalue weighted by Gasteiger charge is -2.11. The Morgan fingerprint density at radius 1 is 1.37 bits per heavy atom. The van der Waals surface area contributed by atoms with E-state index in [9.17, 15) is 0 Å². The summed E-state index contributed by atoms with van der Waals surface area (Å²) < 4.78 is 5.20. The zero-order chi connectivity index (χ0) is 13.8. The Hall–Kier alpha value is -2.52. The van der Waals surface area contributed by atoms with Crippen LogP contribution in [0.25, 0.3) is 0 Å². The van der Waals surface area contributed by atoms with E-state index in [0.29, 0.717) is 22.8 Å². The summed E-state index contributed by atoms with van der Waals surface area (Å²) in [7, 11) is 1.52. The number of hydrogen-bond donors (Lipinski definition) is 2. The van der Waals surface area contributed by atoms with Crippen LogP contribution in [0.5, 0.6) is 5.75 Å². The van der Waals surface area contributed by atoms with Gasteiger partial charge in [0.2, 0.25) is 5.95 Å². The summed E-state index contributed by atoms with van der Waals surface area (Å²) in [5.41, 5.74) is 6.66. The van der Waals surface area contributed by atoms with Crippen LogP contribution in [0.15, 0.2) is 24.3 Å². The Bertz CT molecular complexity index is 633. The van der Waals surface area contributed by atoms with E-state index in [0.717, 1.165) is 0 Å². The predicted octanol–water partition coefficient (Wildman–Crippen LogP) is 2.34. The summed E-state index contributed by atoms with van der Waals surface area (Å²) in [5.74, 6) is 1.04. The summed E-state index contributed by atoms with van der Waals surface area (Å²) >= 11 is 5.79. The maximum atomic E-state index is 8.83. The molecule has 6 nitrogen and oxygen atoms in total. The van der Waals surface area contributed by atoms with Crippen LogP contribution < -0.4 is 15.8 Å². The molecule has 0 atom stereocenters. The number of halogens is 1. The molecule has 0 bridgehead atoms. The number of nitrogens with one attached hydrogen (secondary N) is 1. The van der Waals surface area contributed by atoms with Crippen LogP contribution >= 0.6 is 11.6 Å². The SMILES string of the molecule is COc1cc(C#N)ccc1Nc1cc(Cl)nc(N)n1. The minimum absolute atomic E-state index is 0.0719. The molecule has 1 aromatic heterocycles. The van der Waals surface area contributed by atoms with Gasteiger partial charge in [-0.3, -0.25) is 0 Å². The van der Waals surface area contributed by atoms with Gasteiger partial charge in [-0.25, -0.2) is 4.98 Å². The highest BCUT2D eigenvalue weighted by atomic mass is 35.5. The number of hydrogen-bond acceptors (Lipinski definition) is 6. The standard InChI is InChI=1S/C12H10ClN5O/c1-19-9-4-7(6-14)2-3-8(9)16-11-5-10(13)17-12(15)18-11/h2-5H,1H3,(H3,15,16,17,18). The van der Waals surface area contributed by atoms with Crippen molar-refractivity contribution in [2.24, 2.45) is 0 Å². The zero-order valence-electron chi connectivity index (χ0n) is 10.0. The molecule has 2 aromatic rings. The largest absolute Gasteiger partial charge is 0.495 e. The van der Waals surface area contributed by atoms with Crippen LogP contribution in [0.2, 0.25) is 5.15 Å². The van der Waals surface area contributed by atoms with Crippen LogP contribution in [-0.4, -0.2) is 17.1 Å². The fourth-order valence-electron chi connectivity index (χ4n) is 1.50. The van der Waals surface area contributed by atoms with Gasteiger partial charge in [0.1, 0.15) is 16.7 Å². The summed E-state index contributed by atoms with van der Waals surface area (Å²) in [6, 6.07) is 8.57.